The summed E-state index contributed by atoms with van der Waals surface area (Å²) in [5, 5.41) is 20.7. The molecule has 146 valence electrons. The van der Waals surface area contributed by atoms with E-state index in [4.69, 9.17) is 4.74 Å². The zero-order valence-electron chi connectivity index (χ0n) is 16.0. The highest BCUT2D eigenvalue weighted by atomic mass is 16.5. The Bertz CT molecular complexity index is 913. The summed E-state index contributed by atoms with van der Waals surface area (Å²) in [5.41, 5.74) is 2.13. The molecule has 0 aliphatic carbocycles. The van der Waals surface area contributed by atoms with Crippen molar-refractivity contribution in [2.24, 2.45) is 0 Å². The summed E-state index contributed by atoms with van der Waals surface area (Å²) in [5.74, 6) is -1.10. The molecule has 1 heterocycles. The lowest BCUT2D eigenvalue weighted by Gasteiger charge is -2.26. The minimum absolute atomic E-state index is 0.0136. The summed E-state index contributed by atoms with van der Waals surface area (Å²) in [7, 11) is 1.55. The van der Waals surface area contributed by atoms with E-state index in [9.17, 15) is 19.8 Å². The molecular formula is C22H23NO5. The number of hydrogen-bond acceptors (Lipinski definition) is 5. The molecule has 1 saturated heterocycles. The van der Waals surface area contributed by atoms with Crippen LogP contribution in [0, 0.1) is 6.92 Å². The molecule has 1 amide bonds. The maximum atomic E-state index is 12.8. The van der Waals surface area contributed by atoms with E-state index in [-0.39, 0.29) is 17.9 Å². The van der Waals surface area contributed by atoms with Crippen LogP contribution in [-0.4, -0.2) is 46.6 Å². The Balaban J connectivity index is 2.16. The third-order valence-electron chi connectivity index (χ3n) is 4.76. The predicted molar refractivity (Wildman–Crippen MR) is 105 cm³/mol. The molecule has 1 aliphatic heterocycles. The molecule has 28 heavy (non-hydrogen) atoms. The van der Waals surface area contributed by atoms with Crippen LogP contribution in [-0.2, 0) is 9.59 Å². The molecule has 2 aromatic carbocycles. The van der Waals surface area contributed by atoms with Gasteiger partial charge in [0.15, 0.2) is 0 Å². The second kappa shape index (κ2) is 7.86. The molecule has 2 unspecified atom stereocenters. The molecule has 1 fully saturated rings. The summed E-state index contributed by atoms with van der Waals surface area (Å²) in [6.07, 6.45) is -0.821. The van der Waals surface area contributed by atoms with Gasteiger partial charge in [0, 0.05) is 12.1 Å². The van der Waals surface area contributed by atoms with Crippen molar-refractivity contribution < 1.29 is 24.5 Å². The van der Waals surface area contributed by atoms with E-state index in [0.717, 1.165) is 5.56 Å². The first-order chi connectivity index (χ1) is 13.3. The Kier molecular flexibility index (Phi) is 5.51. The number of hydrogen-bond donors (Lipinski definition) is 2. The summed E-state index contributed by atoms with van der Waals surface area (Å²) < 4.78 is 5.17. The van der Waals surface area contributed by atoms with Crippen molar-refractivity contribution >= 4 is 17.4 Å². The number of rotatable bonds is 5. The molecular weight excluding hydrogens is 358 g/mol. The first-order valence-electron chi connectivity index (χ1n) is 9.01. The van der Waals surface area contributed by atoms with E-state index in [1.54, 1.807) is 50.4 Å². The zero-order valence-corrected chi connectivity index (χ0v) is 16.0. The Morgan fingerprint density at radius 2 is 1.71 bits per heavy atom. The van der Waals surface area contributed by atoms with Crippen molar-refractivity contribution in [1.29, 1.82) is 0 Å². The number of carbonyl (C=O) groups excluding carboxylic acids is 2. The van der Waals surface area contributed by atoms with Crippen LogP contribution in [0.5, 0.6) is 5.75 Å². The number of aliphatic hydroxyl groups is 2. The highest BCUT2D eigenvalue weighted by Gasteiger charge is 2.46. The molecule has 2 atom stereocenters. The number of nitrogens with zero attached hydrogens (tertiary/aromatic N) is 1. The molecule has 0 saturated carbocycles. The molecule has 6 nitrogen and oxygen atoms in total. The highest BCUT2D eigenvalue weighted by molar-refractivity contribution is 6.46. The number of ether oxygens (including phenoxy) is 1. The van der Waals surface area contributed by atoms with Gasteiger partial charge in [-0.05, 0) is 31.5 Å². The van der Waals surface area contributed by atoms with Gasteiger partial charge in [-0.3, -0.25) is 9.59 Å². The minimum atomic E-state index is -0.821. The van der Waals surface area contributed by atoms with Gasteiger partial charge in [-0.15, -0.1) is 0 Å². The van der Waals surface area contributed by atoms with Crippen LogP contribution in [0.2, 0.25) is 0 Å². The second-order valence-corrected chi connectivity index (χ2v) is 6.94. The van der Waals surface area contributed by atoms with Crippen molar-refractivity contribution in [1.82, 2.24) is 4.90 Å². The fourth-order valence-electron chi connectivity index (χ4n) is 3.35. The van der Waals surface area contributed by atoms with Crippen LogP contribution in [0.15, 0.2) is 54.1 Å². The third-order valence-corrected chi connectivity index (χ3v) is 4.76. The van der Waals surface area contributed by atoms with Gasteiger partial charge < -0.3 is 19.8 Å². The fraction of sp³-hybridized carbons (Fsp3) is 0.273. The van der Waals surface area contributed by atoms with Crippen LogP contribution in [0.4, 0.5) is 0 Å². The monoisotopic (exact) mass is 381 g/mol. The van der Waals surface area contributed by atoms with Crippen LogP contribution in [0.1, 0.15) is 29.7 Å². The highest BCUT2D eigenvalue weighted by Crippen LogP contribution is 2.39. The van der Waals surface area contributed by atoms with Gasteiger partial charge in [0.2, 0.25) is 0 Å². The summed E-state index contributed by atoms with van der Waals surface area (Å²) in [4.78, 5) is 26.7. The Morgan fingerprint density at radius 1 is 1.11 bits per heavy atom. The van der Waals surface area contributed by atoms with Gasteiger partial charge in [0.05, 0.1) is 24.8 Å². The Morgan fingerprint density at radius 3 is 2.25 bits per heavy atom. The number of aryl methyl sites for hydroxylation is 1. The molecule has 1 aliphatic rings. The van der Waals surface area contributed by atoms with Crippen LogP contribution in [0.25, 0.3) is 5.76 Å². The van der Waals surface area contributed by atoms with E-state index in [2.05, 4.69) is 0 Å². The van der Waals surface area contributed by atoms with Crippen molar-refractivity contribution in [2.45, 2.75) is 26.0 Å². The maximum absolute atomic E-state index is 12.8. The first-order valence-corrected chi connectivity index (χ1v) is 9.01. The second-order valence-electron chi connectivity index (χ2n) is 6.94. The third kappa shape index (κ3) is 3.64. The number of aliphatic hydroxyl groups excluding tert-OH is 2. The minimum Gasteiger partial charge on any atom is -0.507 e. The number of ketones is 1. The molecule has 0 radical (unpaired) electrons. The zero-order chi connectivity index (χ0) is 20.4. The summed E-state index contributed by atoms with van der Waals surface area (Å²) in [6.45, 7) is 3.44. The van der Waals surface area contributed by atoms with Gasteiger partial charge in [-0.1, -0.05) is 42.0 Å². The fourth-order valence-corrected chi connectivity index (χ4v) is 3.35. The van der Waals surface area contributed by atoms with Crippen molar-refractivity contribution in [3.8, 4) is 5.75 Å². The summed E-state index contributed by atoms with van der Waals surface area (Å²) >= 11 is 0. The molecule has 0 bridgehead atoms. The lowest BCUT2D eigenvalue weighted by Crippen LogP contribution is -2.35. The van der Waals surface area contributed by atoms with E-state index in [0.29, 0.717) is 16.9 Å². The van der Waals surface area contributed by atoms with Gasteiger partial charge in [0.25, 0.3) is 11.7 Å². The lowest BCUT2D eigenvalue weighted by molar-refractivity contribution is -0.140. The average molecular weight is 381 g/mol. The van der Waals surface area contributed by atoms with Crippen LogP contribution < -0.4 is 4.74 Å². The average Bonchev–Trinajstić information content (AvgIpc) is 2.92. The standard InChI is InChI=1S/C22H23NO5/c1-13-4-6-16(7-5-13)20(25)18-19(15-8-10-17(28-3)11-9-15)23(12-14(2)24)22(27)21(18)26/h4-11,14,19,24-25H,12H2,1-3H3/b20-18+. The molecule has 2 N–H and O–H groups in total. The van der Waals surface area contributed by atoms with Crippen LogP contribution >= 0.6 is 0 Å². The van der Waals surface area contributed by atoms with E-state index in [1.807, 2.05) is 19.1 Å². The van der Waals surface area contributed by atoms with E-state index < -0.39 is 23.8 Å². The number of methoxy groups -OCH3 is 1. The quantitative estimate of drug-likeness (QED) is 0.472. The summed E-state index contributed by atoms with van der Waals surface area (Å²) in [6, 6.07) is 13.2. The number of benzene rings is 2. The first kappa shape index (κ1) is 19.6. The SMILES string of the molecule is COc1ccc(C2/C(=C(\O)c3ccc(C)cc3)C(=O)C(=O)N2CC(C)O)cc1. The molecule has 3 rings (SSSR count). The molecule has 6 heteroatoms. The Hall–Kier alpha value is -3.12. The van der Waals surface area contributed by atoms with Gasteiger partial charge >= 0.3 is 0 Å². The topological polar surface area (TPSA) is 87.1 Å². The normalized spacial score (nSPS) is 19.7. The molecule has 0 spiro atoms. The van der Waals surface area contributed by atoms with Gasteiger partial charge in [-0.2, -0.15) is 0 Å². The van der Waals surface area contributed by atoms with Gasteiger partial charge in [0.1, 0.15) is 11.5 Å². The van der Waals surface area contributed by atoms with Crippen molar-refractivity contribution in [2.75, 3.05) is 13.7 Å². The maximum Gasteiger partial charge on any atom is 0.295 e. The number of likely N-dealkylation sites (tertiary alicyclic amines) is 1. The van der Waals surface area contributed by atoms with Crippen molar-refractivity contribution in [3.63, 3.8) is 0 Å². The number of amides is 1. The lowest BCUT2D eigenvalue weighted by atomic mass is 9.95. The Labute approximate surface area is 163 Å². The number of β-amino-alcohol motifs (C(OH)–C–C–N with tert-alkyl or cyclic N) is 1. The largest absolute Gasteiger partial charge is 0.507 e. The molecule has 0 aromatic heterocycles. The van der Waals surface area contributed by atoms with Crippen molar-refractivity contribution in [3.05, 3.63) is 70.8 Å². The van der Waals surface area contributed by atoms with Crippen LogP contribution in [0.3, 0.4) is 0 Å². The van der Waals surface area contributed by atoms with E-state index >= 15 is 0 Å². The van der Waals surface area contributed by atoms with Gasteiger partial charge in [-0.25, -0.2) is 0 Å². The van der Waals surface area contributed by atoms with E-state index in [1.165, 1.54) is 4.90 Å². The number of carbonyl (C=O) groups is 2. The smallest absolute Gasteiger partial charge is 0.295 e. The molecule has 2 aromatic rings. The predicted octanol–water partition coefficient (Wildman–Crippen LogP) is 2.81. The number of Topliss-reactive ketones (excluding diaryl/α,β-unsaturated/α-hetero) is 1.